The van der Waals surface area contributed by atoms with Gasteiger partial charge in [0.05, 0.1) is 5.69 Å². The molecule has 2 aliphatic rings. The molecule has 1 unspecified atom stereocenters. The quantitative estimate of drug-likeness (QED) is 0.916. The molecule has 4 rings (SSSR count). The third-order valence-corrected chi connectivity index (χ3v) is 6.25. The number of rotatable bonds is 4. The average molecular weight is 343 g/mol. The minimum absolute atomic E-state index is 0.354. The lowest BCUT2D eigenvalue weighted by Crippen LogP contribution is -2.27. The molecule has 0 radical (unpaired) electrons. The lowest BCUT2D eigenvalue weighted by atomic mass is 9.76. The molecule has 1 saturated carbocycles. The van der Waals surface area contributed by atoms with Gasteiger partial charge in [-0.2, -0.15) is 5.10 Å². The van der Waals surface area contributed by atoms with E-state index in [-0.39, 0.29) is 0 Å². The Morgan fingerprint density at radius 2 is 2.04 bits per heavy atom. The van der Waals surface area contributed by atoms with Crippen molar-refractivity contribution in [2.75, 3.05) is 13.1 Å². The fourth-order valence-corrected chi connectivity index (χ4v) is 4.81. The van der Waals surface area contributed by atoms with E-state index in [0.29, 0.717) is 17.3 Å². The van der Waals surface area contributed by atoms with Gasteiger partial charge in [-0.05, 0) is 32.1 Å². The molecule has 1 saturated heterocycles. The predicted molar refractivity (Wildman–Crippen MR) is 95.4 cm³/mol. The van der Waals surface area contributed by atoms with Crippen LogP contribution in [-0.2, 0) is 6.54 Å². The number of aryl methyl sites for hydroxylation is 2. The third kappa shape index (κ3) is 2.90. The van der Waals surface area contributed by atoms with Crippen molar-refractivity contribution >= 4 is 0 Å². The van der Waals surface area contributed by atoms with Gasteiger partial charge >= 0.3 is 0 Å². The molecule has 2 aromatic rings. The van der Waals surface area contributed by atoms with Crippen molar-refractivity contribution in [3.05, 3.63) is 28.7 Å². The maximum absolute atomic E-state index is 5.36. The molecule has 1 atom stereocenters. The predicted octanol–water partition coefficient (Wildman–Crippen LogP) is 3.69. The maximum atomic E-state index is 5.36. The summed E-state index contributed by atoms with van der Waals surface area (Å²) in [5, 5.41) is 11.8. The molecule has 2 aromatic heterocycles. The second-order valence-corrected chi connectivity index (χ2v) is 8.33. The SMILES string of the molecule is Cc1noc(C)c1CN1CC(c2nc(C(C)C)n[nH]2)C2(CCCC2)C1. The summed E-state index contributed by atoms with van der Waals surface area (Å²) in [6, 6.07) is 0. The normalized spacial score (nSPS) is 23.3. The van der Waals surface area contributed by atoms with Crippen LogP contribution in [0.3, 0.4) is 0 Å². The van der Waals surface area contributed by atoms with E-state index in [0.717, 1.165) is 42.7 Å². The molecule has 0 amide bonds. The highest BCUT2D eigenvalue weighted by Crippen LogP contribution is 2.53. The van der Waals surface area contributed by atoms with Crippen LogP contribution >= 0.6 is 0 Å². The summed E-state index contributed by atoms with van der Waals surface area (Å²) in [6.45, 7) is 11.4. The maximum Gasteiger partial charge on any atom is 0.153 e. The number of nitrogens with one attached hydrogen (secondary N) is 1. The summed E-state index contributed by atoms with van der Waals surface area (Å²) in [7, 11) is 0. The van der Waals surface area contributed by atoms with Crippen molar-refractivity contribution in [3.63, 3.8) is 0 Å². The Kier molecular flexibility index (Phi) is 4.18. The van der Waals surface area contributed by atoms with Gasteiger partial charge in [-0.1, -0.05) is 31.8 Å². The lowest BCUT2D eigenvalue weighted by molar-refractivity contribution is 0.244. The number of H-pyrrole nitrogens is 1. The van der Waals surface area contributed by atoms with E-state index in [4.69, 9.17) is 9.51 Å². The summed E-state index contributed by atoms with van der Waals surface area (Å²) in [5.74, 6) is 3.79. The Morgan fingerprint density at radius 1 is 1.28 bits per heavy atom. The second-order valence-electron chi connectivity index (χ2n) is 8.33. The van der Waals surface area contributed by atoms with E-state index in [1.54, 1.807) is 0 Å². The molecule has 1 spiro atoms. The zero-order chi connectivity index (χ0) is 17.6. The first-order valence-corrected chi connectivity index (χ1v) is 9.55. The van der Waals surface area contributed by atoms with Gasteiger partial charge in [-0.25, -0.2) is 4.98 Å². The van der Waals surface area contributed by atoms with E-state index in [9.17, 15) is 0 Å². The summed E-state index contributed by atoms with van der Waals surface area (Å²) < 4.78 is 5.36. The molecule has 1 aliphatic heterocycles. The molecule has 3 heterocycles. The van der Waals surface area contributed by atoms with Gasteiger partial charge in [0, 0.05) is 37.0 Å². The van der Waals surface area contributed by atoms with E-state index in [2.05, 4.69) is 34.1 Å². The molecular weight excluding hydrogens is 314 g/mol. The van der Waals surface area contributed by atoms with Crippen LogP contribution in [0.15, 0.2) is 4.52 Å². The van der Waals surface area contributed by atoms with E-state index in [1.807, 2.05) is 13.8 Å². The molecule has 6 heteroatoms. The molecule has 1 N–H and O–H groups in total. The Hall–Kier alpha value is -1.69. The molecular formula is C19H29N5O. The summed E-state index contributed by atoms with van der Waals surface area (Å²) >= 11 is 0. The van der Waals surface area contributed by atoms with Crippen LogP contribution < -0.4 is 0 Å². The standard InChI is InChI=1S/C19H29N5O/c1-12(2)17-20-18(22-21-17)16-10-24(11-19(16)7-5-6-8-19)9-15-13(3)23-25-14(15)4/h12,16H,5-11H2,1-4H3,(H,20,21,22). The fourth-order valence-electron chi connectivity index (χ4n) is 4.81. The van der Waals surface area contributed by atoms with Crippen LogP contribution in [0.5, 0.6) is 0 Å². The summed E-state index contributed by atoms with van der Waals surface area (Å²) in [4.78, 5) is 7.42. The highest BCUT2D eigenvalue weighted by atomic mass is 16.5. The van der Waals surface area contributed by atoms with Crippen LogP contribution in [-0.4, -0.2) is 38.3 Å². The zero-order valence-corrected chi connectivity index (χ0v) is 15.8. The van der Waals surface area contributed by atoms with Gasteiger partial charge in [0.2, 0.25) is 0 Å². The Labute approximate surface area is 149 Å². The van der Waals surface area contributed by atoms with Gasteiger partial charge in [0.25, 0.3) is 0 Å². The van der Waals surface area contributed by atoms with Crippen LogP contribution in [0.1, 0.15) is 80.0 Å². The van der Waals surface area contributed by atoms with E-state index in [1.165, 1.54) is 31.2 Å². The van der Waals surface area contributed by atoms with Crippen molar-refractivity contribution in [2.45, 2.75) is 71.8 Å². The number of hydrogen-bond acceptors (Lipinski definition) is 5. The first-order valence-electron chi connectivity index (χ1n) is 9.55. The van der Waals surface area contributed by atoms with E-state index < -0.39 is 0 Å². The average Bonchev–Trinajstić information content (AvgIpc) is 3.34. The van der Waals surface area contributed by atoms with Crippen LogP contribution in [0.4, 0.5) is 0 Å². The third-order valence-electron chi connectivity index (χ3n) is 6.25. The Balaban J connectivity index is 1.59. The van der Waals surface area contributed by atoms with Crippen molar-refractivity contribution in [3.8, 4) is 0 Å². The minimum Gasteiger partial charge on any atom is -0.361 e. The van der Waals surface area contributed by atoms with Crippen molar-refractivity contribution in [2.24, 2.45) is 5.41 Å². The first kappa shape index (κ1) is 16.8. The molecule has 0 bridgehead atoms. The highest BCUT2D eigenvalue weighted by Gasteiger charge is 2.50. The van der Waals surface area contributed by atoms with Gasteiger partial charge in [0.15, 0.2) is 5.82 Å². The minimum atomic E-state index is 0.354. The number of aromatic amines is 1. The smallest absolute Gasteiger partial charge is 0.153 e. The number of likely N-dealkylation sites (tertiary alicyclic amines) is 1. The van der Waals surface area contributed by atoms with Gasteiger partial charge in [0.1, 0.15) is 11.6 Å². The molecule has 0 aromatic carbocycles. The Bertz CT molecular complexity index is 721. The molecule has 136 valence electrons. The van der Waals surface area contributed by atoms with Gasteiger partial charge < -0.3 is 4.52 Å². The molecule has 6 nitrogen and oxygen atoms in total. The topological polar surface area (TPSA) is 70.8 Å². The van der Waals surface area contributed by atoms with Crippen molar-refractivity contribution in [1.82, 2.24) is 25.2 Å². The van der Waals surface area contributed by atoms with Crippen LogP contribution in [0, 0.1) is 19.3 Å². The molecule has 2 fully saturated rings. The monoisotopic (exact) mass is 343 g/mol. The fraction of sp³-hybridized carbons (Fsp3) is 0.737. The van der Waals surface area contributed by atoms with Gasteiger partial charge in [-0.15, -0.1) is 0 Å². The highest BCUT2D eigenvalue weighted by molar-refractivity contribution is 5.22. The van der Waals surface area contributed by atoms with Crippen molar-refractivity contribution in [1.29, 1.82) is 0 Å². The molecule has 1 aliphatic carbocycles. The summed E-state index contributed by atoms with van der Waals surface area (Å²) in [5.41, 5.74) is 2.62. The Morgan fingerprint density at radius 3 is 2.64 bits per heavy atom. The summed E-state index contributed by atoms with van der Waals surface area (Å²) in [6.07, 6.45) is 5.27. The second kappa shape index (κ2) is 6.24. The number of hydrogen-bond donors (Lipinski definition) is 1. The van der Waals surface area contributed by atoms with E-state index >= 15 is 0 Å². The molecule has 25 heavy (non-hydrogen) atoms. The lowest BCUT2D eigenvalue weighted by Gasteiger charge is -2.28. The number of aromatic nitrogens is 4. The van der Waals surface area contributed by atoms with Crippen LogP contribution in [0.25, 0.3) is 0 Å². The number of nitrogens with zero attached hydrogens (tertiary/aromatic N) is 4. The van der Waals surface area contributed by atoms with Gasteiger partial charge in [-0.3, -0.25) is 10.00 Å². The first-order chi connectivity index (χ1) is 12.0. The van der Waals surface area contributed by atoms with Crippen LogP contribution in [0.2, 0.25) is 0 Å². The van der Waals surface area contributed by atoms with Crippen molar-refractivity contribution < 1.29 is 4.52 Å². The zero-order valence-electron chi connectivity index (χ0n) is 15.8. The largest absolute Gasteiger partial charge is 0.361 e.